The minimum absolute atomic E-state index is 0.145. The number of rotatable bonds is 5. The number of nitrogens with zero attached hydrogens (tertiary/aromatic N) is 1. The maximum absolute atomic E-state index is 12.3. The topological polar surface area (TPSA) is 68.3 Å². The molecule has 1 N–H and O–H groups in total. The summed E-state index contributed by atoms with van der Waals surface area (Å²) in [7, 11) is 0. The van der Waals surface area contributed by atoms with Crippen LogP contribution in [0, 0.1) is 0 Å². The molecule has 1 aromatic carbocycles. The average molecular weight is 339 g/mol. The Morgan fingerprint density at radius 2 is 1.91 bits per heavy atom. The van der Waals surface area contributed by atoms with Crippen LogP contribution in [0.15, 0.2) is 29.6 Å². The van der Waals surface area contributed by atoms with Crippen molar-refractivity contribution >= 4 is 39.8 Å². The molecule has 1 aromatic heterocycles. The molecule has 0 unspecified atom stereocenters. The van der Waals surface area contributed by atoms with Crippen LogP contribution in [-0.4, -0.2) is 22.3 Å². The van der Waals surface area contributed by atoms with Crippen LogP contribution in [0.1, 0.15) is 31.3 Å². The third-order valence-electron chi connectivity index (χ3n) is 2.82. The molecular formula is C15H15ClN2O3S. The van der Waals surface area contributed by atoms with Gasteiger partial charge in [0.25, 0.3) is 5.91 Å². The van der Waals surface area contributed by atoms with Crippen LogP contribution in [0.4, 0.5) is 5.13 Å². The van der Waals surface area contributed by atoms with E-state index in [4.69, 9.17) is 16.3 Å². The molecule has 0 spiro atoms. The number of ether oxygens (including phenoxy) is 1. The lowest BCUT2D eigenvalue weighted by molar-refractivity contribution is -0.128. The van der Waals surface area contributed by atoms with Gasteiger partial charge in [0.15, 0.2) is 16.5 Å². The molecule has 0 aliphatic heterocycles. The number of thiazole rings is 1. The minimum Gasteiger partial charge on any atom is -0.478 e. The number of Topliss-reactive ketones (excluding diaryl/α,β-unsaturated/α-hetero) is 1. The van der Waals surface area contributed by atoms with Crippen molar-refractivity contribution in [2.24, 2.45) is 0 Å². The van der Waals surface area contributed by atoms with Gasteiger partial charge in [0.2, 0.25) is 0 Å². The standard InChI is InChI=1S/C15H15ClN2O3S/c1-9(19)12-8-22-14(17-12)18-13(20)15(2,3)21-11-6-4-10(16)5-7-11/h4-8H,1-3H3,(H,17,18,20). The zero-order valence-electron chi connectivity index (χ0n) is 12.3. The number of carbonyl (C=O) groups is 2. The Morgan fingerprint density at radius 1 is 1.27 bits per heavy atom. The molecule has 0 aliphatic rings. The second kappa shape index (κ2) is 6.46. The Kier molecular flexibility index (Phi) is 4.83. The van der Waals surface area contributed by atoms with Crippen molar-refractivity contribution in [1.82, 2.24) is 4.98 Å². The van der Waals surface area contributed by atoms with Crippen LogP contribution in [0.3, 0.4) is 0 Å². The molecule has 1 heterocycles. The molecule has 1 amide bonds. The molecule has 5 nitrogen and oxygen atoms in total. The van der Waals surface area contributed by atoms with Crippen molar-refractivity contribution in [2.75, 3.05) is 5.32 Å². The highest BCUT2D eigenvalue weighted by molar-refractivity contribution is 7.14. The molecule has 2 rings (SSSR count). The number of nitrogens with one attached hydrogen (secondary N) is 1. The molecule has 0 saturated carbocycles. The molecular weight excluding hydrogens is 324 g/mol. The Balaban J connectivity index is 2.05. The van der Waals surface area contributed by atoms with Crippen LogP contribution >= 0.6 is 22.9 Å². The number of amides is 1. The van der Waals surface area contributed by atoms with E-state index in [0.29, 0.717) is 21.6 Å². The smallest absolute Gasteiger partial charge is 0.269 e. The fourth-order valence-electron chi connectivity index (χ4n) is 1.58. The number of ketones is 1. The molecule has 0 bridgehead atoms. The van der Waals surface area contributed by atoms with Gasteiger partial charge in [-0.2, -0.15) is 0 Å². The summed E-state index contributed by atoms with van der Waals surface area (Å²) in [5, 5.41) is 5.21. The Bertz CT molecular complexity index is 695. The summed E-state index contributed by atoms with van der Waals surface area (Å²) in [6.07, 6.45) is 0. The van der Waals surface area contributed by atoms with E-state index in [-0.39, 0.29) is 11.7 Å². The highest BCUT2D eigenvalue weighted by Crippen LogP contribution is 2.23. The molecule has 116 valence electrons. The van der Waals surface area contributed by atoms with E-state index in [0.717, 1.165) is 0 Å². The van der Waals surface area contributed by atoms with Gasteiger partial charge < -0.3 is 4.74 Å². The van der Waals surface area contributed by atoms with Gasteiger partial charge in [-0.05, 0) is 38.1 Å². The SMILES string of the molecule is CC(=O)c1csc(NC(=O)C(C)(C)Oc2ccc(Cl)cc2)n1. The summed E-state index contributed by atoms with van der Waals surface area (Å²) in [6, 6.07) is 6.75. The molecule has 0 aliphatic carbocycles. The van der Waals surface area contributed by atoms with Crippen LogP contribution in [0.2, 0.25) is 5.02 Å². The summed E-state index contributed by atoms with van der Waals surface area (Å²) in [5.41, 5.74) is -0.771. The zero-order chi connectivity index (χ0) is 16.3. The Hall–Kier alpha value is -1.92. The maximum Gasteiger partial charge on any atom is 0.269 e. The molecule has 7 heteroatoms. The number of halogens is 1. The largest absolute Gasteiger partial charge is 0.478 e. The molecule has 2 aromatic rings. The second-order valence-corrected chi connectivity index (χ2v) is 6.41. The highest BCUT2D eigenvalue weighted by atomic mass is 35.5. The zero-order valence-corrected chi connectivity index (χ0v) is 13.9. The minimum atomic E-state index is -1.10. The van der Waals surface area contributed by atoms with Gasteiger partial charge in [0, 0.05) is 17.3 Å². The predicted molar refractivity (Wildman–Crippen MR) is 86.9 cm³/mol. The number of hydrogen-bond donors (Lipinski definition) is 1. The second-order valence-electron chi connectivity index (χ2n) is 5.11. The highest BCUT2D eigenvalue weighted by Gasteiger charge is 2.30. The normalized spacial score (nSPS) is 11.1. The Morgan fingerprint density at radius 3 is 2.45 bits per heavy atom. The quantitative estimate of drug-likeness (QED) is 0.842. The van der Waals surface area contributed by atoms with E-state index in [1.807, 2.05) is 0 Å². The summed E-state index contributed by atoms with van der Waals surface area (Å²) in [4.78, 5) is 27.6. The molecule has 0 fully saturated rings. The first-order valence-corrected chi connectivity index (χ1v) is 7.76. The fraction of sp³-hybridized carbons (Fsp3) is 0.267. The first kappa shape index (κ1) is 16.5. The van der Waals surface area contributed by atoms with Gasteiger partial charge in [-0.3, -0.25) is 14.9 Å². The monoisotopic (exact) mass is 338 g/mol. The van der Waals surface area contributed by atoms with Crippen molar-refractivity contribution < 1.29 is 14.3 Å². The first-order chi connectivity index (χ1) is 10.3. The van der Waals surface area contributed by atoms with Crippen LogP contribution in [0.5, 0.6) is 5.75 Å². The summed E-state index contributed by atoms with van der Waals surface area (Å²) in [5.74, 6) is 0.0356. The summed E-state index contributed by atoms with van der Waals surface area (Å²) < 4.78 is 5.68. The lowest BCUT2D eigenvalue weighted by atomic mass is 10.1. The number of aromatic nitrogens is 1. The molecule has 22 heavy (non-hydrogen) atoms. The van der Waals surface area contributed by atoms with Gasteiger partial charge in [-0.1, -0.05) is 11.6 Å². The van der Waals surface area contributed by atoms with E-state index in [9.17, 15) is 9.59 Å². The Labute approximate surface area is 137 Å². The van der Waals surface area contributed by atoms with Gasteiger partial charge >= 0.3 is 0 Å². The van der Waals surface area contributed by atoms with E-state index >= 15 is 0 Å². The average Bonchev–Trinajstić information content (AvgIpc) is 2.90. The van der Waals surface area contributed by atoms with E-state index < -0.39 is 5.60 Å². The van der Waals surface area contributed by atoms with Crippen molar-refractivity contribution in [1.29, 1.82) is 0 Å². The molecule has 0 saturated heterocycles. The van der Waals surface area contributed by atoms with Gasteiger partial charge in [-0.15, -0.1) is 11.3 Å². The van der Waals surface area contributed by atoms with E-state index in [1.165, 1.54) is 18.3 Å². The van der Waals surface area contributed by atoms with Crippen molar-refractivity contribution in [3.8, 4) is 5.75 Å². The van der Waals surface area contributed by atoms with E-state index in [2.05, 4.69) is 10.3 Å². The van der Waals surface area contributed by atoms with E-state index in [1.54, 1.807) is 43.5 Å². The van der Waals surface area contributed by atoms with Gasteiger partial charge in [-0.25, -0.2) is 4.98 Å². The van der Waals surface area contributed by atoms with Crippen LogP contribution < -0.4 is 10.1 Å². The van der Waals surface area contributed by atoms with Crippen LogP contribution in [0.25, 0.3) is 0 Å². The summed E-state index contributed by atoms with van der Waals surface area (Å²) >= 11 is 7.01. The number of anilines is 1. The number of benzene rings is 1. The number of hydrogen-bond acceptors (Lipinski definition) is 5. The third-order valence-corrected chi connectivity index (χ3v) is 3.83. The maximum atomic E-state index is 12.3. The van der Waals surface area contributed by atoms with Gasteiger partial charge in [0.1, 0.15) is 11.4 Å². The van der Waals surface area contributed by atoms with Gasteiger partial charge in [0.05, 0.1) is 0 Å². The number of carbonyl (C=O) groups excluding carboxylic acids is 2. The van der Waals surface area contributed by atoms with Crippen molar-refractivity contribution in [2.45, 2.75) is 26.4 Å². The summed E-state index contributed by atoms with van der Waals surface area (Å²) in [6.45, 7) is 4.72. The fourth-order valence-corrected chi connectivity index (χ4v) is 2.45. The predicted octanol–water partition coefficient (Wildman–Crippen LogP) is 3.80. The lowest BCUT2D eigenvalue weighted by Gasteiger charge is -2.24. The van der Waals surface area contributed by atoms with Crippen molar-refractivity contribution in [3.63, 3.8) is 0 Å². The molecule has 0 atom stereocenters. The van der Waals surface area contributed by atoms with Crippen LogP contribution in [-0.2, 0) is 4.79 Å². The first-order valence-electron chi connectivity index (χ1n) is 6.50. The third kappa shape index (κ3) is 4.05. The van der Waals surface area contributed by atoms with Crippen molar-refractivity contribution in [3.05, 3.63) is 40.4 Å². The lowest BCUT2D eigenvalue weighted by Crippen LogP contribution is -2.42. The molecule has 0 radical (unpaired) electrons.